The molecule has 4 unspecified atom stereocenters. The molecule has 2 aliphatic rings. The van der Waals surface area contributed by atoms with Crippen molar-refractivity contribution in [3.8, 4) is 0 Å². The second-order valence-electron chi connectivity index (χ2n) is 8.78. The molecule has 2 fully saturated rings. The summed E-state index contributed by atoms with van der Waals surface area (Å²) >= 11 is 0. The van der Waals surface area contributed by atoms with Gasteiger partial charge in [0.05, 0.1) is 0 Å². The fourth-order valence-electron chi connectivity index (χ4n) is 5.41. The maximum Gasteiger partial charge on any atom is 0.347 e. The number of ether oxygens (including phenoxy) is 1. The van der Waals surface area contributed by atoms with Crippen LogP contribution in [0.25, 0.3) is 0 Å². The van der Waals surface area contributed by atoms with Crippen molar-refractivity contribution >= 4 is 5.97 Å². The van der Waals surface area contributed by atoms with Crippen LogP contribution in [0.2, 0.25) is 0 Å². The molecule has 2 saturated carbocycles. The van der Waals surface area contributed by atoms with E-state index in [4.69, 9.17) is 4.74 Å². The average Bonchev–Trinajstić information content (AvgIpc) is 2.74. The van der Waals surface area contributed by atoms with Gasteiger partial charge < -0.3 is 14.7 Å². The van der Waals surface area contributed by atoms with Crippen LogP contribution in [0, 0.1) is 11.8 Å². The smallest absolute Gasteiger partial charge is 0.347 e. The van der Waals surface area contributed by atoms with Gasteiger partial charge in [-0.3, -0.25) is 0 Å². The summed E-state index contributed by atoms with van der Waals surface area (Å²) in [6.45, 7) is 0. The number of rotatable bonds is 5. The van der Waals surface area contributed by atoms with E-state index >= 15 is 0 Å². The molecule has 2 aromatic rings. The van der Waals surface area contributed by atoms with Crippen molar-refractivity contribution in [3.63, 3.8) is 0 Å². The highest BCUT2D eigenvalue weighted by atomic mass is 16.6. The number of carbonyl (C=O) groups is 1. The van der Waals surface area contributed by atoms with Gasteiger partial charge in [-0.25, -0.2) is 4.79 Å². The van der Waals surface area contributed by atoms with Gasteiger partial charge in [-0.05, 0) is 56.8 Å². The predicted molar refractivity (Wildman–Crippen MR) is 113 cm³/mol. The Kier molecular flexibility index (Phi) is 5.75. The first-order valence-electron chi connectivity index (χ1n) is 10.7. The highest BCUT2D eigenvalue weighted by Crippen LogP contribution is 2.44. The Balaban J connectivity index is 1.67. The fourth-order valence-corrected chi connectivity index (χ4v) is 5.41. The third kappa shape index (κ3) is 3.72. The summed E-state index contributed by atoms with van der Waals surface area (Å²) in [5.41, 5.74) is -0.718. The normalized spacial score (nSPS) is 26.9. The second kappa shape index (κ2) is 8.29. The summed E-state index contributed by atoms with van der Waals surface area (Å²) in [6, 6.07) is 18.7. The molecule has 2 bridgehead atoms. The molecule has 4 heteroatoms. The Bertz CT molecular complexity index is 781. The zero-order valence-electron chi connectivity index (χ0n) is 17.3. The van der Waals surface area contributed by atoms with Crippen LogP contribution in [0.5, 0.6) is 0 Å². The highest BCUT2D eigenvalue weighted by molar-refractivity contribution is 5.85. The Labute approximate surface area is 173 Å². The van der Waals surface area contributed by atoms with Crippen molar-refractivity contribution in [2.75, 3.05) is 14.1 Å². The van der Waals surface area contributed by atoms with E-state index in [2.05, 4.69) is 19.0 Å². The molecule has 0 aromatic heterocycles. The van der Waals surface area contributed by atoms with Gasteiger partial charge in [-0.1, -0.05) is 67.1 Å². The minimum atomic E-state index is -1.80. The van der Waals surface area contributed by atoms with E-state index in [1.807, 2.05) is 36.4 Å². The van der Waals surface area contributed by atoms with Gasteiger partial charge in [0.1, 0.15) is 6.10 Å². The summed E-state index contributed by atoms with van der Waals surface area (Å²) in [6.07, 6.45) is 5.46. The van der Waals surface area contributed by atoms with E-state index in [0.717, 1.165) is 25.7 Å². The first-order valence-corrected chi connectivity index (χ1v) is 10.7. The van der Waals surface area contributed by atoms with E-state index in [-0.39, 0.29) is 6.10 Å². The van der Waals surface area contributed by atoms with Crippen LogP contribution >= 0.6 is 0 Å². The maximum absolute atomic E-state index is 13.6. The molecule has 0 radical (unpaired) electrons. The molecular weight excluding hydrogens is 362 g/mol. The Hall–Kier alpha value is -2.17. The molecule has 0 heterocycles. The number of esters is 1. The molecular formula is C25H31NO3. The SMILES string of the molecule is CN(C)C1CCC2CCCC1C2OC(=O)C(O)(c1ccccc1)c1ccccc1. The molecule has 4 rings (SSSR count). The van der Waals surface area contributed by atoms with Gasteiger partial charge in [0.25, 0.3) is 0 Å². The third-order valence-electron chi connectivity index (χ3n) is 6.91. The van der Waals surface area contributed by atoms with E-state index in [1.165, 1.54) is 6.42 Å². The number of fused-ring (bicyclic) bond motifs is 2. The van der Waals surface area contributed by atoms with Crippen LogP contribution in [0.15, 0.2) is 60.7 Å². The van der Waals surface area contributed by atoms with Crippen LogP contribution in [0.1, 0.15) is 43.2 Å². The van der Waals surface area contributed by atoms with Gasteiger partial charge in [-0.2, -0.15) is 0 Å². The van der Waals surface area contributed by atoms with Gasteiger partial charge in [-0.15, -0.1) is 0 Å². The lowest BCUT2D eigenvalue weighted by Gasteiger charge is -2.48. The van der Waals surface area contributed by atoms with Crippen LogP contribution < -0.4 is 0 Å². The van der Waals surface area contributed by atoms with Gasteiger partial charge in [0.15, 0.2) is 0 Å². The first kappa shape index (κ1) is 20.1. The molecule has 2 aliphatic carbocycles. The van der Waals surface area contributed by atoms with E-state index in [0.29, 0.717) is 29.0 Å². The molecule has 0 aliphatic heterocycles. The van der Waals surface area contributed by atoms with Crippen molar-refractivity contribution in [1.29, 1.82) is 0 Å². The zero-order valence-corrected chi connectivity index (χ0v) is 17.3. The molecule has 1 N–H and O–H groups in total. The first-order chi connectivity index (χ1) is 14.0. The van der Waals surface area contributed by atoms with E-state index in [1.54, 1.807) is 24.3 Å². The van der Waals surface area contributed by atoms with Crippen molar-refractivity contribution in [3.05, 3.63) is 71.8 Å². The number of carbonyl (C=O) groups excluding carboxylic acids is 1. The molecule has 29 heavy (non-hydrogen) atoms. The lowest BCUT2D eigenvalue weighted by Crippen LogP contribution is -2.53. The molecule has 0 spiro atoms. The van der Waals surface area contributed by atoms with Crippen LogP contribution in [0.4, 0.5) is 0 Å². The lowest BCUT2D eigenvalue weighted by molar-refractivity contribution is -0.182. The number of aliphatic hydroxyl groups is 1. The minimum Gasteiger partial charge on any atom is -0.459 e. The van der Waals surface area contributed by atoms with Crippen molar-refractivity contribution in [1.82, 2.24) is 4.90 Å². The fraction of sp³-hybridized carbons (Fsp3) is 0.480. The van der Waals surface area contributed by atoms with E-state index < -0.39 is 11.6 Å². The standard InChI is InChI=1S/C25H31NO3/c1-26(2)22-17-16-18-10-9-15-21(22)23(18)29-24(27)25(28,19-11-5-3-6-12-19)20-13-7-4-8-14-20/h3-8,11-14,18,21-23,28H,9-10,15-17H2,1-2H3. The number of hydrogen-bond acceptors (Lipinski definition) is 4. The largest absolute Gasteiger partial charge is 0.459 e. The summed E-state index contributed by atoms with van der Waals surface area (Å²) in [4.78, 5) is 15.8. The second-order valence-corrected chi connectivity index (χ2v) is 8.78. The summed E-state index contributed by atoms with van der Waals surface area (Å²) in [7, 11) is 4.23. The van der Waals surface area contributed by atoms with E-state index in [9.17, 15) is 9.90 Å². The summed E-state index contributed by atoms with van der Waals surface area (Å²) in [5.74, 6) is 0.165. The molecule has 4 nitrogen and oxygen atoms in total. The molecule has 0 saturated heterocycles. The average molecular weight is 394 g/mol. The number of benzene rings is 2. The molecule has 154 valence electrons. The van der Waals surface area contributed by atoms with Gasteiger partial charge in [0, 0.05) is 12.0 Å². The minimum absolute atomic E-state index is 0.128. The maximum atomic E-state index is 13.6. The summed E-state index contributed by atoms with van der Waals surface area (Å²) in [5, 5.41) is 11.7. The van der Waals surface area contributed by atoms with Crippen molar-refractivity contribution in [2.24, 2.45) is 11.8 Å². The van der Waals surface area contributed by atoms with Crippen molar-refractivity contribution < 1.29 is 14.6 Å². The Morgan fingerprint density at radius 1 is 0.931 bits per heavy atom. The molecule has 2 aromatic carbocycles. The molecule has 4 atom stereocenters. The summed E-state index contributed by atoms with van der Waals surface area (Å²) < 4.78 is 6.20. The molecule has 0 amide bonds. The zero-order chi connectivity index (χ0) is 20.4. The Morgan fingerprint density at radius 3 is 2.07 bits per heavy atom. The quantitative estimate of drug-likeness (QED) is 0.781. The van der Waals surface area contributed by atoms with Crippen LogP contribution in [-0.4, -0.2) is 42.2 Å². The predicted octanol–water partition coefficient (Wildman–Crippen LogP) is 3.97. The lowest BCUT2D eigenvalue weighted by atomic mass is 9.67. The van der Waals surface area contributed by atoms with Crippen LogP contribution in [-0.2, 0) is 15.1 Å². The number of nitrogens with zero attached hydrogens (tertiary/aromatic N) is 1. The van der Waals surface area contributed by atoms with Crippen molar-refractivity contribution in [2.45, 2.75) is 49.9 Å². The Morgan fingerprint density at radius 2 is 1.52 bits per heavy atom. The van der Waals surface area contributed by atoms with Crippen LogP contribution in [0.3, 0.4) is 0 Å². The topological polar surface area (TPSA) is 49.8 Å². The highest BCUT2D eigenvalue weighted by Gasteiger charge is 2.49. The third-order valence-corrected chi connectivity index (χ3v) is 6.91. The van der Waals surface area contributed by atoms with Gasteiger partial charge >= 0.3 is 5.97 Å². The monoisotopic (exact) mass is 393 g/mol. The number of hydrogen-bond donors (Lipinski definition) is 1. The van der Waals surface area contributed by atoms with Gasteiger partial charge in [0.2, 0.25) is 5.60 Å².